The summed E-state index contributed by atoms with van der Waals surface area (Å²) >= 11 is 0. The van der Waals surface area contributed by atoms with Crippen LogP contribution >= 0.6 is 0 Å². The third kappa shape index (κ3) is 0.832. The second kappa shape index (κ2) is 1.90. The molecule has 0 aliphatic rings. The molecule has 0 bridgehead atoms. The van der Waals surface area contributed by atoms with Gasteiger partial charge >= 0.3 is 0 Å². The summed E-state index contributed by atoms with van der Waals surface area (Å²) in [5, 5.41) is 7.42. The lowest BCUT2D eigenvalue weighted by Crippen LogP contribution is -1.86. The minimum absolute atomic E-state index is 0.896. The smallest absolute Gasteiger partial charge is 0.0632 e. The van der Waals surface area contributed by atoms with Gasteiger partial charge in [-0.3, -0.25) is 0 Å². The number of hydrogen-bond acceptors (Lipinski definition) is 2. The molecule has 1 aromatic heterocycles. The molecule has 1 radical (unpaired) electrons. The number of hydrogen-bond donors (Lipinski definition) is 0. The number of nitrogens with zero attached hydrogens (tertiary/aromatic N) is 2. The first-order valence-electron chi connectivity index (χ1n) is 2.41. The first kappa shape index (κ1) is 5.22. The van der Waals surface area contributed by atoms with Gasteiger partial charge in [-0.05, 0) is 25.5 Å². The fraction of sp³-hybridized carbons (Fsp3) is 0.167. The minimum Gasteiger partial charge on any atom is -0.159 e. The Bertz CT molecular complexity index is 163. The molecule has 2 heteroatoms. The van der Waals surface area contributed by atoms with Crippen LogP contribution in [0, 0.1) is 13.8 Å². The van der Waals surface area contributed by atoms with Crippen molar-refractivity contribution in [3.05, 3.63) is 30.4 Å². The lowest BCUT2D eigenvalue weighted by Gasteiger charge is -1.90. The standard InChI is InChI=1S/C6H7N2/c1-5-3-4-7-8-6(5)2/h3-4H,1H2,2H3. The third-order valence-corrected chi connectivity index (χ3v) is 1.01. The predicted molar refractivity (Wildman–Crippen MR) is 31.2 cm³/mol. The van der Waals surface area contributed by atoms with Gasteiger partial charge in [0.05, 0.1) is 5.69 Å². The highest BCUT2D eigenvalue weighted by atomic mass is 15.1. The van der Waals surface area contributed by atoms with Crippen molar-refractivity contribution in [2.45, 2.75) is 6.92 Å². The minimum atomic E-state index is 0.896. The maximum atomic E-state index is 3.77. The van der Waals surface area contributed by atoms with Crippen molar-refractivity contribution in [1.82, 2.24) is 10.2 Å². The van der Waals surface area contributed by atoms with E-state index in [9.17, 15) is 0 Å². The second-order valence-electron chi connectivity index (χ2n) is 1.64. The van der Waals surface area contributed by atoms with Gasteiger partial charge in [-0.15, -0.1) is 0 Å². The first-order valence-corrected chi connectivity index (χ1v) is 2.41. The van der Waals surface area contributed by atoms with E-state index in [0.717, 1.165) is 11.3 Å². The highest BCUT2D eigenvalue weighted by molar-refractivity contribution is 5.18. The average molecular weight is 107 g/mol. The lowest BCUT2D eigenvalue weighted by atomic mass is 10.3. The first-order chi connectivity index (χ1) is 3.80. The molecule has 0 amide bonds. The van der Waals surface area contributed by atoms with Crippen LogP contribution in [0.3, 0.4) is 0 Å². The van der Waals surface area contributed by atoms with E-state index < -0.39 is 0 Å². The predicted octanol–water partition coefficient (Wildman–Crippen LogP) is 0.967. The Morgan fingerprint density at radius 3 is 2.75 bits per heavy atom. The maximum Gasteiger partial charge on any atom is 0.0632 e. The highest BCUT2D eigenvalue weighted by Crippen LogP contribution is 1.96. The molecule has 8 heavy (non-hydrogen) atoms. The molecule has 0 atom stereocenters. The van der Waals surface area contributed by atoms with Crippen molar-refractivity contribution in [2.24, 2.45) is 0 Å². The van der Waals surface area contributed by atoms with E-state index in [2.05, 4.69) is 17.1 Å². The highest BCUT2D eigenvalue weighted by Gasteiger charge is 1.87. The van der Waals surface area contributed by atoms with E-state index in [1.165, 1.54) is 0 Å². The van der Waals surface area contributed by atoms with Gasteiger partial charge < -0.3 is 0 Å². The molecule has 0 saturated heterocycles. The molecular formula is C6H7N2. The topological polar surface area (TPSA) is 25.8 Å². The summed E-state index contributed by atoms with van der Waals surface area (Å²) in [6.45, 7) is 5.60. The molecule has 0 spiro atoms. The Balaban J connectivity index is 3.13. The Labute approximate surface area is 48.6 Å². The van der Waals surface area contributed by atoms with Crippen LogP contribution in [0.25, 0.3) is 0 Å². The summed E-state index contributed by atoms with van der Waals surface area (Å²) in [5.74, 6) is 0. The van der Waals surface area contributed by atoms with E-state index in [1.54, 1.807) is 6.20 Å². The Hall–Kier alpha value is -0.920. The molecule has 41 valence electrons. The van der Waals surface area contributed by atoms with Gasteiger partial charge in [-0.2, -0.15) is 10.2 Å². The summed E-state index contributed by atoms with van der Waals surface area (Å²) < 4.78 is 0. The van der Waals surface area contributed by atoms with Gasteiger partial charge in [-0.25, -0.2) is 0 Å². The summed E-state index contributed by atoms with van der Waals surface area (Å²) in [6.07, 6.45) is 1.63. The number of aryl methyl sites for hydroxylation is 1. The Morgan fingerprint density at radius 1 is 1.62 bits per heavy atom. The zero-order valence-corrected chi connectivity index (χ0v) is 4.76. The summed E-state index contributed by atoms with van der Waals surface area (Å²) in [6, 6.07) is 1.84. The van der Waals surface area contributed by atoms with E-state index in [0.29, 0.717) is 0 Å². The van der Waals surface area contributed by atoms with Crippen molar-refractivity contribution in [3.8, 4) is 0 Å². The van der Waals surface area contributed by atoms with Gasteiger partial charge in [-0.1, -0.05) is 0 Å². The fourth-order valence-electron chi connectivity index (χ4n) is 0.428. The molecule has 0 fully saturated rings. The zero-order valence-electron chi connectivity index (χ0n) is 4.76. The number of aromatic nitrogens is 2. The Morgan fingerprint density at radius 2 is 2.38 bits per heavy atom. The molecule has 1 rings (SSSR count). The molecule has 0 N–H and O–H groups in total. The number of rotatable bonds is 0. The van der Waals surface area contributed by atoms with E-state index in [1.807, 2.05) is 13.0 Å². The molecule has 2 nitrogen and oxygen atoms in total. The van der Waals surface area contributed by atoms with Gasteiger partial charge in [0.1, 0.15) is 0 Å². The molecule has 1 aromatic rings. The van der Waals surface area contributed by atoms with Crippen molar-refractivity contribution in [3.63, 3.8) is 0 Å². The van der Waals surface area contributed by atoms with Crippen LogP contribution in [0.4, 0.5) is 0 Å². The molecule has 0 aliphatic heterocycles. The van der Waals surface area contributed by atoms with Gasteiger partial charge in [0.15, 0.2) is 0 Å². The normalized spacial score (nSPS) is 9.25. The van der Waals surface area contributed by atoms with Crippen LogP contribution in [-0.2, 0) is 0 Å². The molecular weight excluding hydrogens is 100 g/mol. The van der Waals surface area contributed by atoms with Gasteiger partial charge in [0, 0.05) is 6.20 Å². The maximum absolute atomic E-state index is 3.77. The van der Waals surface area contributed by atoms with Crippen LogP contribution in [-0.4, -0.2) is 10.2 Å². The van der Waals surface area contributed by atoms with Gasteiger partial charge in [0.25, 0.3) is 0 Å². The van der Waals surface area contributed by atoms with Crippen LogP contribution in [0.2, 0.25) is 0 Å². The summed E-state index contributed by atoms with van der Waals surface area (Å²) in [7, 11) is 0. The van der Waals surface area contributed by atoms with E-state index in [4.69, 9.17) is 0 Å². The van der Waals surface area contributed by atoms with Crippen molar-refractivity contribution >= 4 is 0 Å². The zero-order chi connectivity index (χ0) is 5.98. The van der Waals surface area contributed by atoms with E-state index >= 15 is 0 Å². The second-order valence-corrected chi connectivity index (χ2v) is 1.64. The van der Waals surface area contributed by atoms with Crippen LogP contribution < -0.4 is 0 Å². The Kier molecular flexibility index (Phi) is 1.24. The quantitative estimate of drug-likeness (QED) is 0.493. The summed E-state index contributed by atoms with van der Waals surface area (Å²) in [4.78, 5) is 0. The lowest BCUT2D eigenvalue weighted by molar-refractivity contribution is 0.971. The van der Waals surface area contributed by atoms with E-state index in [-0.39, 0.29) is 0 Å². The largest absolute Gasteiger partial charge is 0.159 e. The monoisotopic (exact) mass is 107 g/mol. The van der Waals surface area contributed by atoms with Crippen molar-refractivity contribution in [1.29, 1.82) is 0 Å². The molecule has 0 unspecified atom stereocenters. The summed E-state index contributed by atoms with van der Waals surface area (Å²) in [5.41, 5.74) is 1.84. The third-order valence-electron chi connectivity index (χ3n) is 1.01. The van der Waals surface area contributed by atoms with Gasteiger partial charge in [0.2, 0.25) is 0 Å². The van der Waals surface area contributed by atoms with Crippen LogP contribution in [0.5, 0.6) is 0 Å². The molecule has 1 heterocycles. The molecule has 0 aliphatic carbocycles. The molecule has 0 aromatic carbocycles. The van der Waals surface area contributed by atoms with Crippen molar-refractivity contribution in [2.75, 3.05) is 0 Å². The SMILES string of the molecule is [CH2]c1ccnnc1C. The molecule has 0 saturated carbocycles. The van der Waals surface area contributed by atoms with Crippen LogP contribution in [0.15, 0.2) is 12.3 Å². The van der Waals surface area contributed by atoms with Crippen molar-refractivity contribution < 1.29 is 0 Å². The fourth-order valence-corrected chi connectivity index (χ4v) is 0.428. The van der Waals surface area contributed by atoms with Crippen LogP contribution in [0.1, 0.15) is 11.3 Å². The average Bonchev–Trinajstić information content (AvgIpc) is 1.77.